The monoisotopic (exact) mass is 231 g/mol. The Morgan fingerprint density at radius 3 is 2.81 bits per heavy atom. The van der Waals surface area contributed by atoms with Crippen LogP contribution in [0.25, 0.3) is 11.3 Å². The minimum absolute atomic E-state index is 0.270. The molecule has 3 nitrogen and oxygen atoms in total. The van der Waals surface area contributed by atoms with Crippen LogP contribution in [0, 0.1) is 21.8 Å². The van der Waals surface area contributed by atoms with Crippen molar-refractivity contribution in [1.29, 1.82) is 5.26 Å². The van der Waals surface area contributed by atoms with Crippen molar-refractivity contribution in [3.63, 3.8) is 0 Å². The van der Waals surface area contributed by atoms with Gasteiger partial charge in [-0.05, 0) is 24.3 Å². The van der Waals surface area contributed by atoms with Crippen LogP contribution >= 0.6 is 12.2 Å². The van der Waals surface area contributed by atoms with Crippen LogP contribution in [0.2, 0.25) is 0 Å². The maximum absolute atomic E-state index is 13.2. The van der Waals surface area contributed by atoms with Crippen molar-refractivity contribution in [2.24, 2.45) is 0 Å². The van der Waals surface area contributed by atoms with Crippen molar-refractivity contribution >= 4 is 12.2 Å². The highest BCUT2D eigenvalue weighted by Crippen LogP contribution is 2.19. The van der Waals surface area contributed by atoms with E-state index in [0.29, 0.717) is 15.9 Å². The lowest BCUT2D eigenvalue weighted by Crippen LogP contribution is -1.88. The van der Waals surface area contributed by atoms with E-state index in [9.17, 15) is 4.39 Å². The van der Waals surface area contributed by atoms with E-state index < -0.39 is 5.82 Å². The molecular weight excluding hydrogens is 225 g/mol. The van der Waals surface area contributed by atoms with E-state index in [1.807, 2.05) is 6.07 Å². The summed E-state index contributed by atoms with van der Waals surface area (Å²) in [6.07, 6.45) is 1.44. The maximum atomic E-state index is 13.2. The zero-order valence-corrected chi connectivity index (χ0v) is 8.88. The largest absolute Gasteiger partial charge is 0.346 e. The molecule has 0 saturated carbocycles. The fourth-order valence-corrected chi connectivity index (χ4v) is 1.51. The van der Waals surface area contributed by atoms with Gasteiger partial charge in [0.25, 0.3) is 0 Å². The van der Waals surface area contributed by atoms with Crippen LogP contribution in [0.4, 0.5) is 4.39 Å². The molecule has 0 amide bonds. The summed E-state index contributed by atoms with van der Waals surface area (Å²) in [6.45, 7) is 0. The highest BCUT2D eigenvalue weighted by molar-refractivity contribution is 7.71. The first-order valence-electron chi connectivity index (χ1n) is 4.45. The molecule has 2 rings (SSSR count). The summed E-state index contributed by atoms with van der Waals surface area (Å²) in [5, 5.41) is 8.73. The number of nitriles is 1. The van der Waals surface area contributed by atoms with Crippen LogP contribution in [0.5, 0.6) is 0 Å². The molecule has 0 atom stereocenters. The van der Waals surface area contributed by atoms with E-state index in [1.54, 1.807) is 12.1 Å². The summed E-state index contributed by atoms with van der Waals surface area (Å²) >= 11 is 4.90. The zero-order chi connectivity index (χ0) is 11.5. The molecule has 0 spiro atoms. The summed E-state index contributed by atoms with van der Waals surface area (Å²) < 4.78 is 13.6. The average molecular weight is 231 g/mol. The molecule has 0 saturated heterocycles. The van der Waals surface area contributed by atoms with Gasteiger partial charge in [0.05, 0.1) is 18.0 Å². The minimum Gasteiger partial charge on any atom is -0.346 e. The Hall–Kier alpha value is -2.06. The van der Waals surface area contributed by atoms with Crippen LogP contribution in [0.1, 0.15) is 5.56 Å². The van der Waals surface area contributed by atoms with Gasteiger partial charge in [-0.2, -0.15) is 5.26 Å². The van der Waals surface area contributed by atoms with Crippen molar-refractivity contribution in [3.05, 3.63) is 46.6 Å². The maximum Gasteiger partial charge on any atom is 0.130 e. The normalized spacial score (nSPS) is 9.75. The molecule has 16 heavy (non-hydrogen) atoms. The van der Waals surface area contributed by atoms with Crippen molar-refractivity contribution < 1.29 is 4.39 Å². The average Bonchev–Trinajstić information content (AvgIpc) is 2.28. The lowest BCUT2D eigenvalue weighted by atomic mass is 10.1. The Bertz CT molecular complexity index is 628. The van der Waals surface area contributed by atoms with Crippen molar-refractivity contribution in [2.45, 2.75) is 0 Å². The highest BCUT2D eigenvalue weighted by atomic mass is 32.1. The van der Waals surface area contributed by atoms with Crippen LogP contribution in [-0.2, 0) is 0 Å². The van der Waals surface area contributed by atoms with Gasteiger partial charge in [-0.3, -0.25) is 0 Å². The van der Waals surface area contributed by atoms with Crippen LogP contribution in [-0.4, -0.2) is 9.97 Å². The van der Waals surface area contributed by atoms with Crippen LogP contribution < -0.4 is 0 Å². The van der Waals surface area contributed by atoms with Crippen molar-refractivity contribution in [3.8, 4) is 17.3 Å². The van der Waals surface area contributed by atoms with E-state index in [0.717, 1.165) is 0 Å². The smallest absolute Gasteiger partial charge is 0.130 e. The minimum atomic E-state index is -0.454. The number of aromatic amines is 1. The lowest BCUT2D eigenvalue weighted by molar-refractivity contribution is 0.628. The van der Waals surface area contributed by atoms with Gasteiger partial charge >= 0.3 is 0 Å². The summed E-state index contributed by atoms with van der Waals surface area (Å²) in [7, 11) is 0. The number of H-pyrrole nitrogens is 1. The first kappa shape index (κ1) is 10.5. The molecule has 1 heterocycles. The predicted octanol–water partition coefficient (Wildman–Crippen LogP) is 2.82. The number of hydrogen-bond donors (Lipinski definition) is 1. The van der Waals surface area contributed by atoms with Gasteiger partial charge < -0.3 is 4.98 Å². The quantitative estimate of drug-likeness (QED) is 0.768. The Morgan fingerprint density at radius 2 is 2.12 bits per heavy atom. The Labute approximate surface area is 96.2 Å². The van der Waals surface area contributed by atoms with Crippen LogP contribution in [0.15, 0.2) is 30.6 Å². The third-order valence-electron chi connectivity index (χ3n) is 2.02. The Balaban J connectivity index is 2.61. The molecule has 78 valence electrons. The second-order valence-electron chi connectivity index (χ2n) is 3.14. The molecule has 1 aromatic heterocycles. The predicted molar refractivity (Wildman–Crippen MR) is 59.5 cm³/mol. The van der Waals surface area contributed by atoms with Gasteiger partial charge in [-0.15, -0.1) is 0 Å². The fraction of sp³-hybridized carbons (Fsp3) is 0. The van der Waals surface area contributed by atoms with Gasteiger partial charge in [-0.25, -0.2) is 9.37 Å². The van der Waals surface area contributed by atoms with Crippen molar-refractivity contribution in [1.82, 2.24) is 9.97 Å². The number of nitrogens with one attached hydrogen (secondary N) is 1. The van der Waals surface area contributed by atoms with E-state index in [1.165, 1.54) is 18.5 Å². The number of nitrogens with zero attached hydrogens (tertiary/aromatic N) is 2. The second kappa shape index (κ2) is 4.21. The zero-order valence-electron chi connectivity index (χ0n) is 8.07. The molecule has 0 bridgehead atoms. The molecule has 0 unspecified atom stereocenters. The van der Waals surface area contributed by atoms with Crippen molar-refractivity contribution in [2.75, 3.05) is 0 Å². The molecular formula is C11H6FN3S. The number of rotatable bonds is 1. The molecule has 2 aromatic rings. The van der Waals surface area contributed by atoms with Gasteiger partial charge in [0, 0.05) is 11.3 Å². The molecule has 0 aliphatic carbocycles. The molecule has 0 aliphatic heterocycles. The van der Waals surface area contributed by atoms with E-state index in [4.69, 9.17) is 17.5 Å². The topological polar surface area (TPSA) is 52.5 Å². The van der Waals surface area contributed by atoms with E-state index in [2.05, 4.69) is 9.97 Å². The Kier molecular flexibility index (Phi) is 2.75. The molecule has 5 heteroatoms. The summed E-state index contributed by atoms with van der Waals surface area (Å²) in [6, 6.07) is 7.61. The standard InChI is InChI=1S/C11H6FN3S/c12-9-2-7(5-13)1-8(3-9)10-4-11(16)15-6-14-10/h1-4,6H,(H,14,15,16). The highest BCUT2D eigenvalue weighted by Gasteiger charge is 2.03. The molecule has 0 fully saturated rings. The molecule has 0 aliphatic rings. The molecule has 0 radical (unpaired) electrons. The Morgan fingerprint density at radius 1 is 1.31 bits per heavy atom. The fourth-order valence-electron chi connectivity index (χ4n) is 1.34. The van der Waals surface area contributed by atoms with Crippen LogP contribution in [0.3, 0.4) is 0 Å². The first-order chi connectivity index (χ1) is 7.69. The second-order valence-corrected chi connectivity index (χ2v) is 3.56. The van der Waals surface area contributed by atoms with Gasteiger partial charge in [0.2, 0.25) is 0 Å². The van der Waals surface area contributed by atoms with Gasteiger partial charge in [-0.1, -0.05) is 12.2 Å². The van der Waals surface area contributed by atoms with Gasteiger partial charge in [0.15, 0.2) is 0 Å². The molecule has 1 N–H and O–H groups in total. The SMILES string of the molecule is N#Cc1cc(F)cc(-c2cc(=S)nc[nH]2)c1. The summed E-state index contributed by atoms with van der Waals surface area (Å²) in [4.78, 5) is 6.68. The third kappa shape index (κ3) is 2.12. The number of hydrogen-bond acceptors (Lipinski definition) is 3. The number of benzene rings is 1. The summed E-state index contributed by atoms with van der Waals surface area (Å²) in [5.74, 6) is -0.454. The lowest BCUT2D eigenvalue weighted by Gasteiger charge is -2.02. The first-order valence-corrected chi connectivity index (χ1v) is 4.85. The summed E-state index contributed by atoms with van der Waals surface area (Å²) in [5.41, 5.74) is 1.48. The number of aromatic nitrogens is 2. The van der Waals surface area contributed by atoms with E-state index >= 15 is 0 Å². The van der Waals surface area contributed by atoms with Gasteiger partial charge in [0.1, 0.15) is 10.5 Å². The third-order valence-corrected chi connectivity index (χ3v) is 2.24. The molecule has 1 aromatic carbocycles. The van der Waals surface area contributed by atoms with E-state index in [-0.39, 0.29) is 5.56 Å². The number of halogens is 1.